The Morgan fingerprint density at radius 1 is 1.00 bits per heavy atom. The molecular weight excluding hydrogens is 258 g/mol. The number of rotatable bonds is 3. The van der Waals surface area contributed by atoms with Crippen LogP contribution in [0.2, 0.25) is 0 Å². The van der Waals surface area contributed by atoms with Crippen molar-refractivity contribution in [2.75, 3.05) is 0 Å². The SMILES string of the molecule is CC(C)c1ccc(-c2ccccn2)cc1-c1nccn1C. The molecule has 0 fully saturated rings. The molecule has 106 valence electrons. The van der Waals surface area contributed by atoms with E-state index in [9.17, 15) is 0 Å². The summed E-state index contributed by atoms with van der Waals surface area (Å²) >= 11 is 0. The minimum Gasteiger partial charge on any atom is -0.334 e. The molecule has 3 nitrogen and oxygen atoms in total. The summed E-state index contributed by atoms with van der Waals surface area (Å²) in [5, 5.41) is 0. The van der Waals surface area contributed by atoms with E-state index in [0.717, 1.165) is 17.1 Å². The van der Waals surface area contributed by atoms with E-state index in [1.54, 1.807) is 0 Å². The average molecular weight is 277 g/mol. The maximum absolute atomic E-state index is 4.51. The van der Waals surface area contributed by atoms with Crippen LogP contribution in [0.1, 0.15) is 25.3 Å². The first-order valence-electron chi connectivity index (χ1n) is 7.20. The van der Waals surface area contributed by atoms with Gasteiger partial charge in [-0.2, -0.15) is 0 Å². The normalized spacial score (nSPS) is 11.0. The molecule has 3 aromatic rings. The van der Waals surface area contributed by atoms with Gasteiger partial charge in [-0.3, -0.25) is 4.98 Å². The Bertz CT molecular complexity index is 742. The molecular formula is C18H19N3. The van der Waals surface area contributed by atoms with Crippen LogP contribution in [0.25, 0.3) is 22.6 Å². The largest absolute Gasteiger partial charge is 0.334 e. The molecule has 2 aromatic heterocycles. The van der Waals surface area contributed by atoms with Crippen molar-refractivity contribution >= 4 is 0 Å². The van der Waals surface area contributed by atoms with Crippen molar-refractivity contribution in [1.29, 1.82) is 0 Å². The van der Waals surface area contributed by atoms with Crippen molar-refractivity contribution < 1.29 is 0 Å². The fourth-order valence-electron chi connectivity index (χ4n) is 2.57. The lowest BCUT2D eigenvalue weighted by molar-refractivity contribution is 0.858. The molecule has 0 radical (unpaired) electrons. The predicted molar refractivity (Wildman–Crippen MR) is 86.0 cm³/mol. The lowest BCUT2D eigenvalue weighted by Crippen LogP contribution is -1.99. The van der Waals surface area contributed by atoms with Crippen LogP contribution in [0.5, 0.6) is 0 Å². The second kappa shape index (κ2) is 5.52. The molecule has 0 spiro atoms. The van der Waals surface area contributed by atoms with Gasteiger partial charge in [-0.1, -0.05) is 32.0 Å². The summed E-state index contributed by atoms with van der Waals surface area (Å²) in [4.78, 5) is 8.95. The number of benzene rings is 1. The molecule has 3 rings (SSSR count). The molecule has 0 saturated carbocycles. The Morgan fingerprint density at radius 3 is 2.48 bits per heavy atom. The van der Waals surface area contributed by atoms with E-state index < -0.39 is 0 Å². The zero-order chi connectivity index (χ0) is 14.8. The third-order valence-electron chi connectivity index (χ3n) is 3.70. The number of nitrogens with zero attached hydrogens (tertiary/aromatic N) is 3. The Balaban J connectivity index is 2.18. The lowest BCUT2D eigenvalue weighted by Gasteiger charge is -2.14. The smallest absolute Gasteiger partial charge is 0.139 e. The summed E-state index contributed by atoms with van der Waals surface area (Å²) in [6, 6.07) is 12.5. The van der Waals surface area contributed by atoms with Gasteiger partial charge in [-0.05, 0) is 29.7 Å². The number of aromatic nitrogens is 3. The van der Waals surface area contributed by atoms with Crippen LogP contribution in [0.15, 0.2) is 55.0 Å². The monoisotopic (exact) mass is 277 g/mol. The zero-order valence-corrected chi connectivity index (χ0v) is 12.6. The molecule has 0 unspecified atom stereocenters. The van der Waals surface area contributed by atoms with Gasteiger partial charge in [-0.25, -0.2) is 4.98 Å². The van der Waals surface area contributed by atoms with E-state index in [4.69, 9.17) is 0 Å². The van der Waals surface area contributed by atoms with Crippen molar-refractivity contribution in [2.45, 2.75) is 19.8 Å². The second-order valence-corrected chi connectivity index (χ2v) is 5.53. The summed E-state index contributed by atoms with van der Waals surface area (Å²) in [5.74, 6) is 1.45. The molecule has 0 N–H and O–H groups in total. The molecule has 1 aromatic carbocycles. The lowest BCUT2D eigenvalue weighted by atomic mass is 9.94. The van der Waals surface area contributed by atoms with Gasteiger partial charge in [0, 0.05) is 36.8 Å². The summed E-state index contributed by atoms with van der Waals surface area (Å²) in [7, 11) is 2.03. The molecule has 2 heterocycles. The van der Waals surface area contributed by atoms with Crippen LogP contribution in [0, 0.1) is 0 Å². The molecule has 0 aliphatic carbocycles. The van der Waals surface area contributed by atoms with Crippen molar-refractivity contribution in [1.82, 2.24) is 14.5 Å². The number of pyridine rings is 1. The summed E-state index contributed by atoms with van der Waals surface area (Å²) in [6.07, 6.45) is 5.64. The Kier molecular flexibility index (Phi) is 3.57. The first-order chi connectivity index (χ1) is 10.2. The third kappa shape index (κ3) is 2.59. The third-order valence-corrected chi connectivity index (χ3v) is 3.70. The Morgan fingerprint density at radius 2 is 1.86 bits per heavy atom. The highest BCUT2D eigenvalue weighted by atomic mass is 15.0. The number of aryl methyl sites for hydroxylation is 1. The highest BCUT2D eigenvalue weighted by Crippen LogP contribution is 2.31. The summed E-state index contributed by atoms with van der Waals surface area (Å²) in [6.45, 7) is 4.42. The van der Waals surface area contributed by atoms with E-state index in [-0.39, 0.29) is 0 Å². The zero-order valence-electron chi connectivity index (χ0n) is 12.6. The van der Waals surface area contributed by atoms with Crippen LogP contribution < -0.4 is 0 Å². The quantitative estimate of drug-likeness (QED) is 0.715. The average Bonchev–Trinajstić information content (AvgIpc) is 2.93. The summed E-state index contributed by atoms with van der Waals surface area (Å²) in [5.41, 5.74) is 4.60. The van der Waals surface area contributed by atoms with Crippen LogP contribution in [0.4, 0.5) is 0 Å². The molecule has 0 amide bonds. The van der Waals surface area contributed by atoms with Crippen LogP contribution in [-0.2, 0) is 7.05 Å². The fourth-order valence-corrected chi connectivity index (χ4v) is 2.57. The number of hydrogen-bond acceptors (Lipinski definition) is 2. The van der Waals surface area contributed by atoms with Gasteiger partial charge in [0.05, 0.1) is 5.69 Å². The molecule has 3 heteroatoms. The molecule has 0 atom stereocenters. The van der Waals surface area contributed by atoms with Gasteiger partial charge >= 0.3 is 0 Å². The summed E-state index contributed by atoms with van der Waals surface area (Å²) < 4.78 is 2.06. The van der Waals surface area contributed by atoms with Gasteiger partial charge < -0.3 is 4.57 Å². The predicted octanol–water partition coefficient (Wildman–Crippen LogP) is 4.27. The van der Waals surface area contributed by atoms with Gasteiger partial charge in [0.25, 0.3) is 0 Å². The van der Waals surface area contributed by atoms with E-state index in [2.05, 4.69) is 46.6 Å². The minimum absolute atomic E-state index is 0.453. The molecule has 0 saturated heterocycles. The van der Waals surface area contributed by atoms with Crippen molar-refractivity contribution in [3.05, 3.63) is 60.6 Å². The Labute approximate surface area is 125 Å². The maximum Gasteiger partial charge on any atom is 0.139 e. The van der Waals surface area contributed by atoms with Gasteiger partial charge in [0.1, 0.15) is 5.82 Å². The molecule has 0 aliphatic heterocycles. The molecule has 0 aliphatic rings. The number of imidazole rings is 1. The van der Waals surface area contributed by atoms with Crippen molar-refractivity contribution in [3.8, 4) is 22.6 Å². The first-order valence-corrected chi connectivity index (χ1v) is 7.20. The van der Waals surface area contributed by atoms with E-state index in [1.165, 1.54) is 11.1 Å². The fraction of sp³-hybridized carbons (Fsp3) is 0.222. The Hall–Kier alpha value is -2.42. The van der Waals surface area contributed by atoms with Crippen LogP contribution >= 0.6 is 0 Å². The molecule has 21 heavy (non-hydrogen) atoms. The second-order valence-electron chi connectivity index (χ2n) is 5.53. The van der Waals surface area contributed by atoms with Gasteiger partial charge in [-0.15, -0.1) is 0 Å². The standard InChI is InChI=1S/C18H19N3/c1-13(2)15-8-7-14(17-6-4-5-9-19-17)12-16(15)18-20-10-11-21(18)3/h4-13H,1-3H3. The molecule has 0 bridgehead atoms. The van der Waals surface area contributed by atoms with Crippen LogP contribution in [0.3, 0.4) is 0 Å². The van der Waals surface area contributed by atoms with E-state index >= 15 is 0 Å². The topological polar surface area (TPSA) is 30.7 Å². The van der Waals surface area contributed by atoms with Gasteiger partial charge in [0.2, 0.25) is 0 Å². The first kappa shape index (κ1) is 13.6. The van der Waals surface area contributed by atoms with Gasteiger partial charge in [0.15, 0.2) is 0 Å². The van der Waals surface area contributed by atoms with Crippen LogP contribution in [-0.4, -0.2) is 14.5 Å². The maximum atomic E-state index is 4.51. The minimum atomic E-state index is 0.453. The van der Waals surface area contributed by atoms with E-state index in [1.807, 2.05) is 43.8 Å². The van der Waals surface area contributed by atoms with E-state index in [0.29, 0.717) is 5.92 Å². The van der Waals surface area contributed by atoms with Crippen molar-refractivity contribution in [3.63, 3.8) is 0 Å². The number of hydrogen-bond donors (Lipinski definition) is 0. The van der Waals surface area contributed by atoms with Crippen molar-refractivity contribution in [2.24, 2.45) is 7.05 Å². The highest BCUT2D eigenvalue weighted by molar-refractivity contribution is 5.71. The highest BCUT2D eigenvalue weighted by Gasteiger charge is 2.13.